The molecule has 1 amide bonds. The molecule has 2 rings (SSSR count). The van der Waals surface area contributed by atoms with Gasteiger partial charge in [-0.1, -0.05) is 11.6 Å². The van der Waals surface area contributed by atoms with Crippen LogP contribution in [0.4, 0.5) is 0 Å². The number of carbonyl (C=O) groups is 1. The first-order chi connectivity index (χ1) is 9.08. The van der Waals surface area contributed by atoms with Gasteiger partial charge in [-0.15, -0.1) is 11.3 Å². The zero-order valence-electron chi connectivity index (χ0n) is 11.6. The maximum atomic E-state index is 12.5. The first-order valence-corrected chi connectivity index (χ1v) is 7.98. The van der Waals surface area contributed by atoms with Crippen LogP contribution in [0.15, 0.2) is 12.1 Å². The summed E-state index contributed by atoms with van der Waals surface area (Å²) in [5, 5.41) is 0. The van der Waals surface area contributed by atoms with Crippen LogP contribution < -0.4 is 0 Å². The topological polar surface area (TPSA) is 23.6 Å². The molecular weight excluding hydrogens is 280 g/mol. The standard InChI is InChI=1S/C14H21ClN2OS/c1-16(2)10-8-11-5-3-4-9-17(11)14(18)12-6-7-13(15)19-12/h6-7,11H,3-5,8-10H2,1-2H3. The van der Waals surface area contributed by atoms with Gasteiger partial charge in [-0.05, 0) is 58.5 Å². The number of piperidine rings is 1. The summed E-state index contributed by atoms with van der Waals surface area (Å²) in [7, 11) is 4.15. The van der Waals surface area contributed by atoms with Gasteiger partial charge in [-0.25, -0.2) is 0 Å². The number of nitrogens with zero attached hydrogens (tertiary/aromatic N) is 2. The monoisotopic (exact) mass is 300 g/mol. The molecule has 1 saturated heterocycles. The molecule has 5 heteroatoms. The van der Waals surface area contributed by atoms with Gasteiger partial charge in [0.1, 0.15) is 0 Å². The molecule has 1 unspecified atom stereocenters. The van der Waals surface area contributed by atoms with Crippen molar-refractivity contribution in [2.75, 3.05) is 27.2 Å². The minimum Gasteiger partial charge on any atom is -0.335 e. The molecule has 0 N–H and O–H groups in total. The number of thiophene rings is 1. The molecule has 0 radical (unpaired) electrons. The van der Waals surface area contributed by atoms with Gasteiger partial charge in [0, 0.05) is 12.6 Å². The van der Waals surface area contributed by atoms with Crippen LogP contribution in [0.5, 0.6) is 0 Å². The average molecular weight is 301 g/mol. The molecular formula is C14H21ClN2OS. The van der Waals surface area contributed by atoms with Crippen LogP contribution in [0.2, 0.25) is 4.34 Å². The highest BCUT2D eigenvalue weighted by Gasteiger charge is 2.27. The molecule has 106 valence electrons. The molecule has 0 aromatic carbocycles. The van der Waals surface area contributed by atoms with Crippen molar-refractivity contribution in [2.45, 2.75) is 31.7 Å². The van der Waals surface area contributed by atoms with E-state index in [0.717, 1.165) is 37.2 Å². The number of rotatable bonds is 4. The van der Waals surface area contributed by atoms with Gasteiger partial charge >= 0.3 is 0 Å². The summed E-state index contributed by atoms with van der Waals surface area (Å²) < 4.78 is 0.685. The molecule has 0 aliphatic carbocycles. The van der Waals surface area contributed by atoms with Gasteiger partial charge in [0.15, 0.2) is 0 Å². The van der Waals surface area contributed by atoms with E-state index in [-0.39, 0.29) is 5.91 Å². The van der Waals surface area contributed by atoms with E-state index in [2.05, 4.69) is 23.9 Å². The summed E-state index contributed by atoms with van der Waals surface area (Å²) >= 11 is 7.30. The van der Waals surface area contributed by atoms with Crippen LogP contribution in [0.1, 0.15) is 35.4 Å². The van der Waals surface area contributed by atoms with Crippen molar-refractivity contribution in [1.29, 1.82) is 0 Å². The first kappa shape index (κ1) is 14.8. The lowest BCUT2D eigenvalue weighted by Crippen LogP contribution is -2.44. The zero-order valence-corrected chi connectivity index (χ0v) is 13.1. The van der Waals surface area contributed by atoms with Gasteiger partial charge in [-0.3, -0.25) is 4.79 Å². The molecule has 1 aliphatic heterocycles. The molecule has 2 heterocycles. The predicted molar refractivity (Wildman–Crippen MR) is 81.2 cm³/mol. The second-order valence-electron chi connectivity index (χ2n) is 5.34. The van der Waals surface area contributed by atoms with Gasteiger partial charge in [-0.2, -0.15) is 0 Å². The maximum absolute atomic E-state index is 12.5. The Bertz CT molecular complexity index is 433. The average Bonchev–Trinajstić information content (AvgIpc) is 2.82. The van der Waals surface area contributed by atoms with E-state index >= 15 is 0 Å². The van der Waals surface area contributed by atoms with E-state index < -0.39 is 0 Å². The van der Waals surface area contributed by atoms with Crippen molar-refractivity contribution >= 4 is 28.8 Å². The lowest BCUT2D eigenvalue weighted by molar-refractivity contribution is 0.0596. The van der Waals surface area contributed by atoms with Crippen LogP contribution >= 0.6 is 22.9 Å². The highest BCUT2D eigenvalue weighted by molar-refractivity contribution is 7.17. The molecule has 1 fully saturated rings. The number of halogens is 1. The minimum absolute atomic E-state index is 0.153. The molecule has 1 aromatic heterocycles. The lowest BCUT2D eigenvalue weighted by Gasteiger charge is -2.36. The van der Waals surface area contributed by atoms with Crippen molar-refractivity contribution in [3.63, 3.8) is 0 Å². The Labute approximate surface area is 124 Å². The normalized spacial score (nSPS) is 20.0. The maximum Gasteiger partial charge on any atom is 0.264 e. The Hall–Kier alpha value is -0.580. The first-order valence-electron chi connectivity index (χ1n) is 6.79. The van der Waals surface area contributed by atoms with Crippen molar-refractivity contribution in [3.05, 3.63) is 21.3 Å². The fraction of sp³-hybridized carbons (Fsp3) is 0.643. The van der Waals surface area contributed by atoms with E-state index in [9.17, 15) is 4.79 Å². The molecule has 19 heavy (non-hydrogen) atoms. The molecule has 0 spiro atoms. The third-order valence-corrected chi connectivity index (χ3v) is 4.80. The Morgan fingerprint density at radius 3 is 2.89 bits per heavy atom. The quantitative estimate of drug-likeness (QED) is 0.851. The summed E-state index contributed by atoms with van der Waals surface area (Å²) in [5.74, 6) is 0.153. The molecule has 0 saturated carbocycles. The van der Waals surface area contributed by atoms with Gasteiger partial charge in [0.25, 0.3) is 5.91 Å². The number of hydrogen-bond acceptors (Lipinski definition) is 3. The molecule has 1 atom stereocenters. The van der Waals surface area contributed by atoms with E-state index in [1.165, 1.54) is 17.8 Å². The van der Waals surface area contributed by atoms with Gasteiger partial charge in [0.2, 0.25) is 0 Å². The molecule has 3 nitrogen and oxygen atoms in total. The largest absolute Gasteiger partial charge is 0.335 e. The number of carbonyl (C=O) groups excluding carboxylic acids is 1. The second kappa shape index (κ2) is 6.73. The Balaban J connectivity index is 2.04. The second-order valence-corrected chi connectivity index (χ2v) is 7.06. The Morgan fingerprint density at radius 2 is 2.26 bits per heavy atom. The van der Waals surface area contributed by atoms with Gasteiger partial charge < -0.3 is 9.80 Å². The Kier molecular flexibility index (Phi) is 5.25. The van der Waals surface area contributed by atoms with Crippen LogP contribution in [0.25, 0.3) is 0 Å². The van der Waals surface area contributed by atoms with Crippen molar-refractivity contribution in [1.82, 2.24) is 9.80 Å². The smallest absolute Gasteiger partial charge is 0.264 e. The number of likely N-dealkylation sites (tertiary alicyclic amines) is 1. The summed E-state index contributed by atoms with van der Waals surface area (Å²) in [6, 6.07) is 4.02. The van der Waals surface area contributed by atoms with E-state index in [1.807, 2.05) is 6.07 Å². The third kappa shape index (κ3) is 3.94. The van der Waals surface area contributed by atoms with Crippen molar-refractivity contribution in [3.8, 4) is 0 Å². The summed E-state index contributed by atoms with van der Waals surface area (Å²) in [5.41, 5.74) is 0. The minimum atomic E-state index is 0.153. The number of amides is 1. The molecule has 1 aliphatic rings. The van der Waals surface area contributed by atoms with E-state index in [0.29, 0.717) is 10.4 Å². The summed E-state index contributed by atoms with van der Waals surface area (Å²) in [6.07, 6.45) is 4.52. The SMILES string of the molecule is CN(C)CCC1CCCCN1C(=O)c1ccc(Cl)s1. The molecule has 1 aromatic rings. The molecule has 0 bridgehead atoms. The van der Waals surface area contributed by atoms with E-state index in [4.69, 9.17) is 11.6 Å². The zero-order chi connectivity index (χ0) is 13.8. The Morgan fingerprint density at radius 1 is 1.47 bits per heavy atom. The lowest BCUT2D eigenvalue weighted by atomic mass is 9.99. The summed E-state index contributed by atoms with van der Waals surface area (Å²) in [4.78, 5) is 17.5. The highest BCUT2D eigenvalue weighted by atomic mass is 35.5. The van der Waals surface area contributed by atoms with Crippen LogP contribution in [0.3, 0.4) is 0 Å². The van der Waals surface area contributed by atoms with Crippen LogP contribution in [0, 0.1) is 0 Å². The van der Waals surface area contributed by atoms with Crippen LogP contribution in [-0.2, 0) is 0 Å². The fourth-order valence-corrected chi connectivity index (χ4v) is 3.55. The van der Waals surface area contributed by atoms with Crippen molar-refractivity contribution in [2.24, 2.45) is 0 Å². The van der Waals surface area contributed by atoms with E-state index in [1.54, 1.807) is 6.07 Å². The summed E-state index contributed by atoms with van der Waals surface area (Å²) in [6.45, 7) is 1.91. The van der Waals surface area contributed by atoms with Crippen LogP contribution in [-0.4, -0.2) is 48.9 Å². The number of hydrogen-bond donors (Lipinski definition) is 0. The highest BCUT2D eigenvalue weighted by Crippen LogP contribution is 2.27. The fourth-order valence-electron chi connectivity index (χ4n) is 2.55. The third-order valence-electron chi connectivity index (χ3n) is 3.58. The van der Waals surface area contributed by atoms with Crippen molar-refractivity contribution < 1.29 is 4.79 Å². The van der Waals surface area contributed by atoms with Gasteiger partial charge in [0.05, 0.1) is 9.21 Å². The predicted octanol–water partition coefficient (Wildman–Crippen LogP) is 3.35.